The number of alkyl carbamates (subject to hydrolysis) is 1. The summed E-state index contributed by atoms with van der Waals surface area (Å²) in [6.07, 6.45) is -0.749. The summed E-state index contributed by atoms with van der Waals surface area (Å²) in [6.45, 7) is 4.90. The summed E-state index contributed by atoms with van der Waals surface area (Å²) in [5.74, 6) is -1.27. The van der Waals surface area contributed by atoms with Gasteiger partial charge in [-0.15, -0.1) is 0 Å². The predicted molar refractivity (Wildman–Crippen MR) is 103 cm³/mol. The number of nitrogens with one attached hydrogen (secondary N) is 1. The fourth-order valence-corrected chi connectivity index (χ4v) is 3.47. The quantitative estimate of drug-likeness (QED) is 0.444. The lowest BCUT2D eigenvalue weighted by Gasteiger charge is -2.22. The average Bonchev–Trinajstić information content (AvgIpc) is 2.58. The molecule has 1 rings (SSSR count). The van der Waals surface area contributed by atoms with Gasteiger partial charge in [-0.25, -0.2) is 22.3 Å². The van der Waals surface area contributed by atoms with E-state index in [1.165, 1.54) is 7.05 Å². The van der Waals surface area contributed by atoms with E-state index in [1.807, 2.05) is 0 Å². The normalized spacial score (nSPS) is 13.0. The molecule has 0 aromatic heterocycles. The number of nitrogens with zero attached hydrogens (tertiary/aromatic N) is 2. The number of amides is 1. The molecule has 0 aliphatic carbocycles. The molecule has 1 aromatic rings. The maximum atomic E-state index is 12.5. The van der Waals surface area contributed by atoms with Gasteiger partial charge in [0.2, 0.25) is 10.0 Å². The number of rotatable bonds is 9. The second-order valence-electron chi connectivity index (χ2n) is 7.26. The molecule has 2 N–H and O–H groups in total. The number of hydrogen-bond acceptors (Lipinski definition) is 7. The molecule has 0 unspecified atom stereocenters. The first-order valence-corrected chi connectivity index (χ1v) is 10.1. The van der Waals surface area contributed by atoms with E-state index in [0.29, 0.717) is 0 Å². The lowest BCUT2D eigenvalue weighted by molar-refractivity contribution is -0.384. The van der Waals surface area contributed by atoms with E-state index in [1.54, 1.807) is 20.8 Å². The molecule has 0 fully saturated rings. The van der Waals surface area contributed by atoms with Crippen LogP contribution in [-0.2, 0) is 19.6 Å². The van der Waals surface area contributed by atoms with Crippen molar-refractivity contribution < 1.29 is 32.8 Å². The van der Waals surface area contributed by atoms with Crippen LogP contribution in [0.4, 0.5) is 10.5 Å². The second-order valence-corrected chi connectivity index (χ2v) is 9.30. The summed E-state index contributed by atoms with van der Waals surface area (Å²) in [5, 5.41) is 22.1. The molecular weight excluding hydrogens is 406 g/mol. The van der Waals surface area contributed by atoms with Crippen LogP contribution in [0, 0.1) is 10.1 Å². The van der Waals surface area contributed by atoms with Crippen LogP contribution < -0.4 is 5.32 Å². The van der Waals surface area contributed by atoms with Gasteiger partial charge < -0.3 is 15.2 Å². The van der Waals surface area contributed by atoms with Gasteiger partial charge in [-0.05, 0) is 45.7 Å². The van der Waals surface area contributed by atoms with Crippen molar-refractivity contribution in [2.75, 3.05) is 13.6 Å². The zero-order chi connectivity index (χ0) is 22.4. The third kappa shape index (κ3) is 7.66. The highest BCUT2D eigenvalue weighted by Gasteiger charge is 2.25. The fraction of sp³-hybridized carbons (Fsp3) is 0.529. The van der Waals surface area contributed by atoms with Crippen molar-refractivity contribution in [3.8, 4) is 0 Å². The van der Waals surface area contributed by atoms with Crippen LogP contribution in [0.15, 0.2) is 29.2 Å². The number of carboxylic acid groups (broad SMARTS) is 1. The maximum absolute atomic E-state index is 12.5. The number of nitro benzene ring substituents is 1. The van der Waals surface area contributed by atoms with Crippen LogP contribution in [0.25, 0.3) is 0 Å². The van der Waals surface area contributed by atoms with Crippen molar-refractivity contribution in [2.45, 2.75) is 50.2 Å². The molecule has 0 saturated heterocycles. The lowest BCUT2D eigenvalue weighted by Crippen LogP contribution is -2.43. The third-order valence-electron chi connectivity index (χ3n) is 3.71. The Morgan fingerprint density at radius 3 is 2.28 bits per heavy atom. The summed E-state index contributed by atoms with van der Waals surface area (Å²) in [5.41, 5.74) is -1.02. The Bertz CT molecular complexity index is 846. The summed E-state index contributed by atoms with van der Waals surface area (Å²) in [7, 11) is -2.58. The summed E-state index contributed by atoms with van der Waals surface area (Å²) >= 11 is 0. The van der Waals surface area contributed by atoms with Crippen molar-refractivity contribution >= 4 is 27.8 Å². The highest BCUT2D eigenvalue weighted by molar-refractivity contribution is 7.89. The fourth-order valence-electron chi connectivity index (χ4n) is 2.27. The number of non-ortho nitro benzene ring substituents is 1. The Hall–Kier alpha value is -2.73. The number of sulfonamides is 1. The van der Waals surface area contributed by atoms with E-state index >= 15 is 0 Å². The number of hydrogen-bond donors (Lipinski definition) is 2. The molecule has 0 heterocycles. The largest absolute Gasteiger partial charge is 0.480 e. The first kappa shape index (κ1) is 24.3. The smallest absolute Gasteiger partial charge is 0.408 e. The minimum Gasteiger partial charge on any atom is -0.480 e. The maximum Gasteiger partial charge on any atom is 0.408 e. The van der Waals surface area contributed by atoms with Gasteiger partial charge in [0.1, 0.15) is 11.6 Å². The van der Waals surface area contributed by atoms with Crippen LogP contribution >= 0.6 is 0 Å². The monoisotopic (exact) mass is 431 g/mol. The van der Waals surface area contributed by atoms with Crippen LogP contribution in [-0.4, -0.2) is 60.1 Å². The molecule has 1 amide bonds. The topological polar surface area (TPSA) is 156 Å². The first-order chi connectivity index (χ1) is 13.2. The van der Waals surface area contributed by atoms with Gasteiger partial charge in [-0.1, -0.05) is 0 Å². The Morgan fingerprint density at radius 1 is 1.28 bits per heavy atom. The van der Waals surface area contributed by atoms with Crippen LogP contribution in [0.2, 0.25) is 0 Å². The standard InChI is InChI=1S/C17H25N3O8S/c1-17(2,3)28-16(23)18-14(15(21)22)6-5-11-19(4)29(26,27)13-9-7-12(8-10-13)20(24)25/h7-10,14H,5-6,11H2,1-4H3,(H,18,23)(H,21,22)/t14-/m0/s1. The molecule has 29 heavy (non-hydrogen) atoms. The number of ether oxygens (including phenoxy) is 1. The molecule has 12 heteroatoms. The Kier molecular flexibility index (Phi) is 8.09. The summed E-state index contributed by atoms with van der Waals surface area (Å²) in [6, 6.07) is 3.21. The van der Waals surface area contributed by atoms with Gasteiger partial charge in [0.15, 0.2) is 0 Å². The zero-order valence-electron chi connectivity index (χ0n) is 16.6. The molecule has 0 saturated carbocycles. The molecule has 162 valence electrons. The van der Waals surface area contributed by atoms with Gasteiger partial charge in [-0.3, -0.25) is 10.1 Å². The number of carbonyl (C=O) groups excluding carboxylic acids is 1. The van der Waals surface area contributed by atoms with Crippen molar-refractivity contribution in [3.63, 3.8) is 0 Å². The van der Waals surface area contributed by atoms with Crippen molar-refractivity contribution in [2.24, 2.45) is 0 Å². The van der Waals surface area contributed by atoms with Crippen LogP contribution in [0.3, 0.4) is 0 Å². The molecule has 1 atom stereocenters. The predicted octanol–water partition coefficient (Wildman–Crippen LogP) is 1.97. The molecular formula is C17H25N3O8S. The minimum atomic E-state index is -3.90. The van der Waals surface area contributed by atoms with E-state index in [4.69, 9.17) is 4.74 Å². The van der Waals surface area contributed by atoms with E-state index < -0.39 is 38.7 Å². The van der Waals surface area contributed by atoms with Crippen molar-refractivity contribution in [3.05, 3.63) is 34.4 Å². The minimum absolute atomic E-state index is 0.0148. The third-order valence-corrected chi connectivity index (χ3v) is 5.58. The number of benzene rings is 1. The highest BCUT2D eigenvalue weighted by Crippen LogP contribution is 2.19. The molecule has 0 spiro atoms. The lowest BCUT2D eigenvalue weighted by atomic mass is 10.1. The van der Waals surface area contributed by atoms with Crippen LogP contribution in [0.1, 0.15) is 33.6 Å². The molecule has 11 nitrogen and oxygen atoms in total. The first-order valence-electron chi connectivity index (χ1n) is 8.67. The summed E-state index contributed by atoms with van der Waals surface area (Å²) < 4.78 is 31.0. The van der Waals surface area contributed by atoms with E-state index in [-0.39, 0.29) is 30.0 Å². The average molecular weight is 431 g/mol. The van der Waals surface area contributed by atoms with Gasteiger partial charge in [-0.2, -0.15) is 0 Å². The Labute approximate surface area is 168 Å². The van der Waals surface area contributed by atoms with Gasteiger partial charge in [0.05, 0.1) is 9.82 Å². The van der Waals surface area contributed by atoms with Crippen LogP contribution in [0.5, 0.6) is 0 Å². The van der Waals surface area contributed by atoms with Crippen molar-refractivity contribution in [1.29, 1.82) is 0 Å². The number of carboxylic acids is 1. The van der Waals surface area contributed by atoms with Gasteiger partial charge >= 0.3 is 12.1 Å². The van der Waals surface area contributed by atoms with E-state index in [2.05, 4.69) is 5.32 Å². The van der Waals surface area contributed by atoms with Crippen molar-refractivity contribution in [1.82, 2.24) is 9.62 Å². The number of aliphatic carboxylic acids is 1. The van der Waals surface area contributed by atoms with E-state index in [9.17, 15) is 33.2 Å². The Balaban J connectivity index is 2.68. The van der Waals surface area contributed by atoms with E-state index in [0.717, 1.165) is 28.6 Å². The molecule has 0 bridgehead atoms. The molecule has 1 aromatic carbocycles. The van der Waals surface area contributed by atoms with Gasteiger partial charge in [0, 0.05) is 25.7 Å². The van der Waals surface area contributed by atoms with Gasteiger partial charge in [0.25, 0.3) is 5.69 Å². The number of carbonyl (C=O) groups is 2. The number of nitro groups is 1. The summed E-state index contributed by atoms with van der Waals surface area (Å²) in [4.78, 5) is 33.0. The highest BCUT2D eigenvalue weighted by atomic mass is 32.2. The zero-order valence-corrected chi connectivity index (χ0v) is 17.4. The molecule has 0 radical (unpaired) electrons. The Morgan fingerprint density at radius 2 is 1.83 bits per heavy atom. The second kappa shape index (κ2) is 9.65. The SMILES string of the molecule is CN(CCC[C@H](NC(=O)OC(C)(C)C)C(=O)O)S(=O)(=O)c1ccc([N+](=O)[O-])cc1. The molecule has 0 aliphatic rings. The molecule has 0 aliphatic heterocycles.